The number of amides is 1. The zero-order chi connectivity index (χ0) is 16.5. The highest BCUT2D eigenvalue weighted by atomic mass is 16.5. The SMILES string of the molecule is Cn1nccc1C(=O)N1CCC(COc2ccc(C3CC3)nn2)C1. The van der Waals surface area contributed by atoms with Crippen molar-refractivity contribution in [2.24, 2.45) is 13.0 Å². The average Bonchev–Trinajstić information content (AvgIpc) is 3.19. The van der Waals surface area contributed by atoms with Gasteiger partial charge in [-0.15, -0.1) is 5.10 Å². The van der Waals surface area contributed by atoms with Gasteiger partial charge >= 0.3 is 0 Å². The number of ether oxygens (including phenoxy) is 1. The zero-order valence-corrected chi connectivity index (χ0v) is 13.8. The molecule has 0 N–H and O–H groups in total. The third-order valence-electron chi connectivity index (χ3n) is 4.74. The lowest BCUT2D eigenvalue weighted by Gasteiger charge is -2.16. The molecule has 1 saturated heterocycles. The van der Waals surface area contributed by atoms with Gasteiger partial charge in [-0.05, 0) is 31.4 Å². The summed E-state index contributed by atoms with van der Waals surface area (Å²) in [4.78, 5) is 14.3. The van der Waals surface area contributed by atoms with Gasteiger partial charge in [-0.2, -0.15) is 10.2 Å². The normalized spacial score (nSPS) is 20.4. The maximum absolute atomic E-state index is 12.5. The van der Waals surface area contributed by atoms with E-state index in [2.05, 4.69) is 15.3 Å². The fourth-order valence-corrected chi connectivity index (χ4v) is 3.11. The summed E-state index contributed by atoms with van der Waals surface area (Å²) in [5.41, 5.74) is 1.69. The molecule has 7 heteroatoms. The molecule has 0 radical (unpaired) electrons. The maximum Gasteiger partial charge on any atom is 0.272 e. The third-order valence-corrected chi connectivity index (χ3v) is 4.74. The van der Waals surface area contributed by atoms with Gasteiger partial charge in [-0.3, -0.25) is 9.48 Å². The minimum atomic E-state index is 0.0334. The van der Waals surface area contributed by atoms with Crippen molar-refractivity contribution in [2.45, 2.75) is 25.2 Å². The van der Waals surface area contributed by atoms with Crippen LogP contribution in [0.1, 0.15) is 41.4 Å². The van der Waals surface area contributed by atoms with Gasteiger partial charge in [0.25, 0.3) is 5.91 Å². The summed E-state index contributed by atoms with van der Waals surface area (Å²) in [5.74, 6) is 1.53. The minimum Gasteiger partial charge on any atom is -0.476 e. The van der Waals surface area contributed by atoms with Crippen LogP contribution in [-0.2, 0) is 7.05 Å². The molecule has 2 aliphatic rings. The molecular formula is C17H21N5O2. The quantitative estimate of drug-likeness (QED) is 0.834. The van der Waals surface area contributed by atoms with Crippen molar-refractivity contribution in [3.63, 3.8) is 0 Å². The number of aromatic nitrogens is 4. The molecule has 2 aromatic rings. The Bertz CT molecular complexity index is 723. The molecule has 1 aliphatic carbocycles. The van der Waals surface area contributed by atoms with E-state index in [1.807, 2.05) is 17.0 Å². The first-order valence-electron chi connectivity index (χ1n) is 8.44. The lowest BCUT2D eigenvalue weighted by atomic mass is 10.1. The lowest BCUT2D eigenvalue weighted by molar-refractivity contribution is 0.0772. The second kappa shape index (κ2) is 6.22. The zero-order valence-electron chi connectivity index (χ0n) is 13.8. The van der Waals surface area contributed by atoms with Crippen molar-refractivity contribution < 1.29 is 9.53 Å². The molecule has 1 atom stereocenters. The molecule has 1 unspecified atom stereocenters. The van der Waals surface area contributed by atoms with Crippen molar-refractivity contribution in [1.29, 1.82) is 0 Å². The van der Waals surface area contributed by atoms with Gasteiger partial charge in [-0.1, -0.05) is 0 Å². The Labute approximate surface area is 140 Å². The summed E-state index contributed by atoms with van der Waals surface area (Å²) in [6, 6.07) is 5.66. The summed E-state index contributed by atoms with van der Waals surface area (Å²) >= 11 is 0. The Morgan fingerprint density at radius 1 is 1.25 bits per heavy atom. The van der Waals surface area contributed by atoms with Gasteiger partial charge in [0.15, 0.2) is 0 Å². The summed E-state index contributed by atoms with van der Waals surface area (Å²) in [7, 11) is 1.79. The minimum absolute atomic E-state index is 0.0334. The summed E-state index contributed by atoms with van der Waals surface area (Å²) in [5, 5.41) is 12.4. The number of hydrogen-bond acceptors (Lipinski definition) is 5. The van der Waals surface area contributed by atoms with E-state index in [1.54, 1.807) is 24.0 Å². The summed E-state index contributed by atoms with van der Waals surface area (Å²) < 4.78 is 7.37. The standard InChI is InChI=1S/C17H21N5O2/c1-21-15(6-8-18-21)17(23)22-9-7-12(10-22)11-24-16-5-4-14(19-20-16)13-2-3-13/h4-6,8,12-13H,2-3,7,9-11H2,1H3. The molecule has 2 fully saturated rings. The topological polar surface area (TPSA) is 73.1 Å². The Morgan fingerprint density at radius 2 is 2.12 bits per heavy atom. The van der Waals surface area contributed by atoms with E-state index >= 15 is 0 Å². The van der Waals surface area contributed by atoms with Crippen LogP contribution in [0, 0.1) is 5.92 Å². The van der Waals surface area contributed by atoms with E-state index in [9.17, 15) is 4.79 Å². The highest BCUT2D eigenvalue weighted by Crippen LogP contribution is 2.38. The van der Waals surface area contributed by atoms with Crippen molar-refractivity contribution in [2.75, 3.05) is 19.7 Å². The Kier molecular flexibility index (Phi) is 3.92. The van der Waals surface area contributed by atoms with Crippen LogP contribution in [0.3, 0.4) is 0 Å². The smallest absolute Gasteiger partial charge is 0.272 e. The van der Waals surface area contributed by atoms with E-state index in [1.165, 1.54) is 12.8 Å². The molecule has 3 heterocycles. The highest BCUT2D eigenvalue weighted by molar-refractivity contribution is 5.92. The third kappa shape index (κ3) is 3.11. The Balaban J connectivity index is 1.29. The number of carbonyl (C=O) groups is 1. The van der Waals surface area contributed by atoms with E-state index in [4.69, 9.17) is 4.74 Å². The first-order valence-corrected chi connectivity index (χ1v) is 8.44. The lowest BCUT2D eigenvalue weighted by Crippen LogP contribution is -2.31. The van der Waals surface area contributed by atoms with E-state index < -0.39 is 0 Å². The predicted octanol–water partition coefficient (Wildman–Crippen LogP) is 1.63. The molecule has 1 saturated carbocycles. The molecule has 7 nitrogen and oxygen atoms in total. The van der Waals surface area contributed by atoms with Crippen LogP contribution >= 0.6 is 0 Å². The molecule has 24 heavy (non-hydrogen) atoms. The molecule has 1 aliphatic heterocycles. The molecule has 0 spiro atoms. The van der Waals surface area contributed by atoms with Gasteiger partial charge in [0.2, 0.25) is 5.88 Å². The predicted molar refractivity (Wildman–Crippen MR) is 86.7 cm³/mol. The summed E-state index contributed by atoms with van der Waals surface area (Å²) in [6.07, 6.45) is 5.03. The van der Waals surface area contributed by atoms with E-state index in [0.29, 0.717) is 36.6 Å². The van der Waals surface area contributed by atoms with Crippen molar-refractivity contribution in [3.05, 3.63) is 35.8 Å². The number of likely N-dealkylation sites (tertiary alicyclic amines) is 1. The van der Waals surface area contributed by atoms with Gasteiger partial charge in [0.05, 0.1) is 12.3 Å². The molecule has 1 amide bonds. The van der Waals surface area contributed by atoms with Crippen molar-refractivity contribution >= 4 is 5.91 Å². The van der Waals surface area contributed by atoms with Crippen LogP contribution in [-0.4, -0.2) is 50.5 Å². The molecule has 0 bridgehead atoms. The van der Waals surface area contributed by atoms with Gasteiger partial charge in [0, 0.05) is 44.2 Å². The first kappa shape index (κ1) is 15.1. The van der Waals surface area contributed by atoms with Crippen LogP contribution in [0.2, 0.25) is 0 Å². The molecule has 0 aromatic carbocycles. The van der Waals surface area contributed by atoms with Gasteiger partial charge in [-0.25, -0.2) is 0 Å². The fourth-order valence-electron chi connectivity index (χ4n) is 3.11. The highest BCUT2D eigenvalue weighted by Gasteiger charge is 2.29. The molecule has 126 valence electrons. The Hall–Kier alpha value is -2.44. The number of rotatable bonds is 5. The second-order valence-corrected chi connectivity index (χ2v) is 6.63. The van der Waals surface area contributed by atoms with Crippen LogP contribution in [0.4, 0.5) is 0 Å². The maximum atomic E-state index is 12.5. The van der Waals surface area contributed by atoms with Crippen LogP contribution in [0.5, 0.6) is 5.88 Å². The van der Waals surface area contributed by atoms with E-state index in [0.717, 1.165) is 18.7 Å². The Morgan fingerprint density at radius 3 is 2.79 bits per heavy atom. The molecule has 2 aromatic heterocycles. The largest absolute Gasteiger partial charge is 0.476 e. The van der Waals surface area contributed by atoms with E-state index in [-0.39, 0.29) is 5.91 Å². The number of hydrogen-bond donors (Lipinski definition) is 0. The van der Waals surface area contributed by atoms with Crippen LogP contribution < -0.4 is 4.74 Å². The molecule has 4 rings (SSSR count). The second-order valence-electron chi connectivity index (χ2n) is 6.63. The fraction of sp³-hybridized carbons (Fsp3) is 0.529. The van der Waals surface area contributed by atoms with Gasteiger partial charge < -0.3 is 9.64 Å². The first-order chi connectivity index (χ1) is 11.7. The number of nitrogens with zero attached hydrogens (tertiary/aromatic N) is 5. The van der Waals surface area contributed by atoms with Crippen LogP contribution in [0.25, 0.3) is 0 Å². The van der Waals surface area contributed by atoms with Gasteiger partial charge in [0.1, 0.15) is 5.69 Å². The molecular weight excluding hydrogens is 306 g/mol. The summed E-state index contributed by atoms with van der Waals surface area (Å²) in [6.45, 7) is 2.02. The average molecular weight is 327 g/mol. The van der Waals surface area contributed by atoms with Crippen molar-refractivity contribution in [1.82, 2.24) is 24.9 Å². The monoisotopic (exact) mass is 327 g/mol. The van der Waals surface area contributed by atoms with Crippen molar-refractivity contribution in [3.8, 4) is 5.88 Å². The number of carbonyl (C=O) groups excluding carboxylic acids is 1. The van der Waals surface area contributed by atoms with Crippen LogP contribution in [0.15, 0.2) is 24.4 Å². The number of aryl methyl sites for hydroxylation is 1.